The number of aryl methyl sites for hydroxylation is 1. The van der Waals surface area contributed by atoms with E-state index < -0.39 is 5.60 Å². The maximum atomic E-state index is 11.5. The van der Waals surface area contributed by atoms with E-state index in [1.54, 1.807) is 0 Å². The summed E-state index contributed by atoms with van der Waals surface area (Å²) >= 11 is 0. The van der Waals surface area contributed by atoms with Gasteiger partial charge in [-0.2, -0.15) is 0 Å². The largest absolute Gasteiger partial charge is 0.482 e. The Morgan fingerprint density at radius 1 is 1.21 bits per heavy atom. The zero-order valence-electron chi connectivity index (χ0n) is 11.9. The van der Waals surface area contributed by atoms with Crippen molar-refractivity contribution in [2.45, 2.75) is 39.2 Å². The molecule has 0 aromatic heterocycles. The van der Waals surface area contributed by atoms with E-state index in [0.717, 1.165) is 12.8 Å². The van der Waals surface area contributed by atoms with Crippen LogP contribution >= 0.6 is 0 Å². The predicted molar refractivity (Wildman–Crippen MR) is 75.2 cm³/mol. The molecule has 0 aliphatic heterocycles. The summed E-state index contributed by atoms with van der Waals surface area (Å²) in [4.78, 5) is 11.5. The lowest BCUT2D eigenvalue weighted by Crippen LogP contribution is -2.27. The van der Waals surface area contributed by atoms with Crippen LogP contribution in [0.25, 0.3) is 0 Å². The fourth-order valence-electron chi connectivity index (χ4n) is 1.57. The minimum Gasteiger partial charge on any atom is -0.482 e. The second kappa shape index (κ2) is 7.14. The Bertz CT molecular complexity index is 393. The number of esters is 1. The van der Waals surface area contributed by atoms with Crippen LogP contribution in [0.15, 0.2) is 24.3 Å². The molecule has 0 heterocycles. The Hall–Kier alpha value is -1.55. The van der Waals surface area contributed by atoms with Gasteiger partial charge >= 0.3 is 5.97 Å². The third kappa shape index (κ3) is 6.82. The Morgan fingerprint density at radius 3 is 2.37 bits per heavy atom. The normalized spacial score (nSPS) is 11.2. The molecule has 0 saturated carbocycles. The van der Waals surface area contributed by atoms with Gasteiger partial charge in [-0.15, -0.1) is 0 Å². The van der Waals surface area contributed by atoms with Crippen molar-refractivity contribution in [1.82, 2.24) is 0 Å². The van der Waals surface area contributed by atoms with Crippen molar-refractivity contribution in [2.75, 3.05) is 13.2 Å². The van der Waals surface area contributed by atoms with E-state index in [1.165, 1.54) is 5.56 Å². The minimum atomic E-state index is -0.480. The van der Waals surface area contributed by atoms with Crippen molar-refractivity contribution in [3.8, 4) is 5.75 Å². The number of benzene rings is 1. The lowest BCUT2D eigenvalue weighted by Gasteiger charge is -2.19. The number of rotatable bonds is 6. The monoisotopic (exact) mass is 265 g/mol. The third-order valence-electron chi connectivity index (χ3n) is 2.37. The summed E-state index contributed by atoms with van der Waals surface area (Å²) in [5.74, 6) is 0.307. The van der Waals surface area contributed by atoms with Crippen molar-refractivity contribution in [2.24, 2.45) is 5.73 Å². The lowest BCUT2D eigenvalue weighted by molar-refractivity contribution is -0.157. The first-order chi connectivity index (χ1) is 8.90. The van der Waals surface area contributed by atoms with E-state index in [9.17, 15) is 4.79 Å². The third-order valence-corrected chi connectivity index (χ3v) is 2.37. The summed E-state index contributed by atoms with van der Waals surface area (Å²) < 4.78 is 10.5. The average Bonchev–Trinajstić information content (AvgIpc) is 2.33. The van der Waals surface area contributed by atoms with Crippen LogP contribution in [0.5, 0.6) is 5.75 Å². The van der Waals surface area contributed by atoms with Crippen LogP contribution in [0.3, 0.4) is 0 Å². The fraction of sp³-hybridized carbons (Fsp3) is 0.533. The van der Waals surface area contributed by atoms with Crippen molar-refractivity contribution in [3.05, 3.63) is 29.8 Å². The molecule has 2 N–H and O–H groups in total. The molecule has 0 bridgehead atoms. The molecule has 1 aromatic rings. The van der Waals surface area contributed by atoms with Crippen molar-refractivity contribution in [1.29, 1.82) is 0 Å². The van der Waals surface area contributed by atoms with E-state index in [-0.39, 0.29) is 12.6 Å². The van der Waals surface area contributed by atoms with Crippen molar-refractivity contribution >= 4 is 5.97 Å². The molecule has 1 aromatic carbocycles. The maximum Gasteiger partial charge on any atom is 0.344 e. The molecule has 4 nitrogen and oxygen atoms in total. The Balaban J connectivity index is 2.39. The van der Waals surface area contributed by atoms with Gasteiger partial charge in [-0.25, -0.2) is 4.79 Å². The van der Waals surface area contributed by atoms with Gasteiger partial charge in [0.05, 0.1) is 0 Å². The van der Waals surface area contributed by atoms with Gasteiger partial charge in [0.15, 0.2) is 6.61 Å². The molecule has 106 valence electrons. The molecular weight excluding hydrogens is 242 g/mol. The summed E-state index contributed by atoms with van der Waals surface area (Å²) in [7, 11) is 0. The summed E-state index contributed by atoms with van der Waals surface area (Å²) in [6, 6.07) is 7.69. The van der Waals surface area contributed by atoms with Gasteiger partial charge in [-0.05, 0) is 57.9 Å². The number of hydrogen-bond donors (Lipinski definition) is 1. The molecule has 0 aliphatic rings. The number of carbonyl (C=O) groups is 1. The summed E-state index contributed by atoms with van der Waals surface area (Å²) in [6.45, 7) is 6.11. The highest BCUT2D eigenvalue weighted by atomic mass is 16.6. The zero-order chi connectivity index (χ0) is 14.3. The van der Waals surface area contributed by atoms with Gasteiger partial charge in [0.25, 0.3) is 0 Å². The van der Waals surface area contributed by atoms with Crippen LogP contribution in [0.1, 0.15) is 32.8 Å². The first kappa shape index (κ1) is 15.5. The standard InChI is InChI=1S/C15H23NO3/c1-15(2,3)19-14(17)11-18-13-8-6-12(7-9-13)5-4-10-16/h6-9H,4-5,10-11,16H2,1-3H3. The van der Waals surface area contributed by atoms with E-state index in [1.807, 2.05) is 45.0 Å². The second-order valence-corrected chi connectivity index (χ2v) is 5.41. The Morgan fingerprint density at radius 2 is 1.84 bits per heavy atom. The van der Waals surface area contributed by atoms with Gasteiger partial charge in [-0.1, -0.05) is 12.1 Å². The van der Waals surface area contributed by atoms with Gasteiger partial charge in [0, 0.05) is 0 Å². The smallest absolute Gasteiger partial charge is 0.344 e. The summed E-state index contributed by atoms with van der Waals surface area (Å²) in [5.41, 5.74) is 6.20. The highest BCUT2D eigenvalue weighted by molar-refractivity contribution is 5.71. The molecule has 0 fully saturated rings. The summed E-state index contributed by atoms with van der Waals surface area (Å²) in [5, 5.41) is 0. The molecule has 0 amide bonds. The minimum absolute atomic E-state index is 0.0700. The molecule has 0 spiro atoms. The Kier molecular flexibility index (Phi) is 5.83. The molecule has 0 atom stereocenters. The molecule has 4 heteroatoms. The number of nitrogens with two attached hydrogens (primary N) is 1. The number of carbonyl (C=O) groups excluding carboxylic acids is 1. The highest BCUT2D eigenvalue weighted by Crippen LogP contribution is 2.14. The van der Waals surface area contributed by atoms with Gasteiger partial charge < -0.3 is 15.2 Å². The van der Waals surface area contributed by atoms with Crippen LogP contribution in [0, 0.1) is 0 Å². The molecule has 0 saturated heterocycles. The molecular formula is C15H23NO3. The SMILES string of the molecule is CC(C)(C)OC(=O)COc1ccc(CCCN)cc1. The molecule has 1 rings (SSSR count). The number of ether oxygens (including phenoxy) is 2. The first-order valence-corrected chi connectivity index (χ1v) is 6.54. The highest BCUT2D eigenvalue weighted by Gasteiger charge is 2.16. The predicted octanol–water partition coefficient (Wildman–Crippen LogP) is 2.30. The average molecular weight is 265 g/mol. The van der Waals surface area contributed by atoms with E-state index >= 15 is 0 Å². The van der Waals surface area contributed by atoms with E-state index in [2.05, 4.69) is 0 Å². The van der Waals surface area contributed by atoms with Crippen molar-refractivity contribution in [3.63, 3.8) is 0 Å². The van der Waals surface area contributed by atoms with E-state index in [4.69, 9.17) is 15.2 Å². The zero-order valence-corrected chi connectivity index (χ0v) is 11.9. The maximum absolute atomic E-state index is 11.5. The van der Waals surface area contributed by atoms with Gasteiger partial charge in [0.2, 0.25) is 0 Å². The quantitative estimate of drug-likeness (QED) is 0.802. The topological polar surface area (TPSA) is 61.5 Å². The molecule has 0 unspecified atom stereocenters. The molecule has 0 radical (unpaired) electrons. The second-order valence-electron chi connectivity index (χ2n) is 5.41. The fourth-order valence-corrected chi connectivity index (χ4v) is 1.57. The number of hydrogen-bond acceptors (Lipinski definition) is 4. The Labute approximate surface area is 114 Å². The van der Waals surface area contributed by atoms with Gasteiger partial charge in [-0.3, -0.25) is 0 Å². The van der Waals surface area contributed by atoms with Crippen LogP contribution in [-0.2, 0) is 16.0 Å². The van der Waals surface area contributed by atoms with Crippen LogP contribution in [0.4, 0.5) is 0 Å². The van der Waals surface area contributed by atoms with E-state index in [0.29, 0.717) is 12.3 Å². The first-order valence-electron chi connectivity index (χ1n) is 6.54. The van der Waals surface area contributed by atoms with Crippen LogP contribution in [0.2, 0.25) is 0 Å². The lowest BCUT2D eigenvalue weighted by atomic mass is 10.1. The van der Waals surface area contributed by atoms with Gasteiger partial charge in [0.1, 0.15) is 11.4 Å². The summed E-state index contributed by atoms with van der Waals surface area (Å²) in [6.07, 6.45) is 1.93. The van der Waals surface area contributed by atoms with Crippen LogP contribution < -0.4 is 10.5 Å². The van der Waals surface area contributed by atoms with Crippen molar-refractivity contribution < 1.29 is 14.3 Å². The molecule has 19 heavy (non-hydrogen) atoms. The van der Waals surface area contributed by atoms with Crippen LogP contribution in [-0.4, -0.2) is 24.7 Å². The molecule has 0 aliphatic carbocycles.